The van der Waals surface area contributed by atoms with Crippen LogP contribution in [0.1, 0.15) is 55.8 Å². The number of unbranched alkanes of at least 4 members (excludes halogenated alkanes) is 1. The Kier molecular flexibility index (Phi) is 13.8. The van der Waals surface area contributed by atoms with E-state index in [9.17, 15) is 37.1 Å². The minimum absolute atomic E-state index is 0.0816. The van der Waals surface area contributed by atoms with E-state index in [1.807, 2.05) is 67.6 Å². The van der Waals surface area contributed by atoms with Gasteiger partial charge >= 0.3 is 24.1 Å². The van der Waals surface area contributed by atoms with Crippen LogP contribution in [0.25, 0.3) is 11.1 Å². The number of rotatable bonds is 14. The maximum Gasteiger partial charge on any atom is 0.495 e. The molecule has 0 aliphatic carbocycles. The van der Waals surface area contributed by atoms with Gasteiger partial charge in [-0.2, -0.15) is 13.2 Å². The quantitative estimate of drug-likeness (QED) is 0.110. The van der Waals surface area contributed by atoms with Crippen LogP contribution in [0.15, 0.2) is 84.9 Å². The molecule has 0 bridgehead atoms. The van der Waals surface area contributed by atoms with Crippen LogP contribution in [-0.4, -0.2) is 49.0 Å². The Morgan fingerprint density at radius 2 is 1.32 bits per heavy atom. The Labute approximate surface area is 269 Å². The molecule has 3 rings (SSSR count). The van der Waals surface area contributed by atoms with E-state index >= 15 is 0 Å². The molecule has 3 aromatic rings. The summed E-state index contributed by atoms with van der Waals surface area (Å²) in [6.07, 6.45) is -5.03. The Balaban J connectivity index is 1.46. The average Bonchev–Trinajstić information content (AvgIpc) is 3.06. The van der Waals surface area contributed by atoms with E-state index in [0.717, 1.165) is 16.7 Å². The molecule has 3 aromatic carbocycles. The lowest BCUT2D eigenvalue weighted by Gasteiger charge is -2.19. The number of urea groups is 1. The lowest BCUT2D eigenvalue weighted by molar-refractivity contribution is -0.286. The fourth-order valence-corrected chi connectivity index (χ4v) is 4.32. The van der Waals surface area contributed by atoms with E-state index in [0.29, 0.717) is 24.9 Å². The molecule has 0 aliphatic heterocycles. The number of amides is 4. The van der Waals surface area contributed by atoms with Crippen molar-refractivity contribution in [2.45, 2.75) is 50.9 Å². The van der Waals surface area contributed by atoms with Crippen molar-refractivity contribution in [3.63, 3.8) is 0 Å². The molecule has 0 heterocycles. The van der Waals surface area contributed by atoms with Gasteiger partial charge in [0, 0.05) is 13.0 Å². The highest BCUT2D eigenvalue weighted by Gasteiger charge is 2.43. The monoisotopic (exact) mass is 656 g/mol. The van der Waals surface area contributed by atoms with E-state index in [1.54, 1.807) is 24.3 Å². The number of halogens is 3. The third kappa shape index (κ3) is 12.9. The molecule has 4 N–H and O–H groups in total. The Morgan fingerprint density at radius 3 is 1.96 bits per heavy atom. The van der Waals surface area contributed by atoms with Crippen LogP contribution in [0, 0.1) is 0 Å². The molecule has 0 aromatic heterocycles. The molecule has 250 valence electrons. The zero-order chi connectivity index (χ0) is 34.2. The van der Waals surface area contributed by atoms with E-state index in [2.05, 4.69) is 31.0 Å². The molecule has 0 fully saturated rings. The summed E-state index contributed by atoms with van der Waals surface area (Å²) in [5.74, 6) is -5.18. The molecule has 0 saturated heterocycles. The van der Waals surface area contributed by atoms with Gasteiger partial charge in [0.2, 0.25) is 11.8 Å². The lowest BCUT2D eigenvalue weighted by atomic mass is 9.99. The SMILES string of the molecule is C[C@H](NC(=O)NCCCCC(=O)NCC(=O)NC(CC(=O)OOC(=O)C(F)(F)F)c1ccc(-c2ccccc2)cc1)c1ccccc1. The fraction of sp³-hybridized carbons (Fsp3) is 0.303. The van der Waals surface area contributed by atoms with Crippen molar-refractivity contribution in [1.82, 2.24) is 21.3 Å². The van der Waals surface area contributed by atoms with Gasteiger partial charge in [0.15, 0.2) is 0 Å². The molecule has 47 heavy (non-hydrogen) atoms. The summed E-state index contributed by atoms with van der Waals surface area (Å²) in [4.78, 5) is 67.7. The van der Waals surface area contributed by atoms with E-state index in [4.69, 9.17) is 0 Å². The minimum Gasteiger partial charge on any atom is -0.347 e. The van der Waals surface area contributed by atoms with Crippen molar-refractivity contribution >= 4 is 29.8 Å². The molecule has 0 saturated carbocycles. The first-order valence-corrected chi connectivity index (χ1v) is 14.7. The number of benzene rings is 3. The second-order valence-corrected chi connectivity index (χ2v) is 10.4. The zero-order valence-electron chi connectivity index (χ0n) is 25.5. The third-order valence-electron chi connectivity index (χ3n) is 6.78. The second-order valence-electron chi connectivity index (χ2n) is 10.4. The van der Waals surface area contributed by atoms with Crippen molar-refractivity contribution in [2.75, 3.05) is 13.1 Å². The van der Waals surface area contributed by atoms with Gasteiger partial charge in [-0.25, -0.2) is 24.2 Å². The Morgan fingerprint density at radius 1 is 0.702 bits per heavy atom. The van der Waals surface area contributed by atoms with Gasteiger partial charge in [-0.05, 0) is 42.0 Å². The maximum absolute atomic E-state index is 12.7. The molecule has 2 atom stereocenters. The molecule has 0 aliphatic rings. The first-order chi connectivity index (χ1) is 22.4. The Hall–Kier alpha value is -5.40. The number of nitrogens with one attached hydrogen (secondary N) is 4. The topological polar surface area (TPSA) is 152 Å². The van der Waals surface area contributed by atoms with E-state index in [-0.39, 0.29) is 18.5 Å². The minimum atomic E-state index is -5.37. The number of alkyl halides is 3. The second kappa shape index (κ2) is 17.9. The van der Waals surface area contributed by atoms with Crippen molar-refractivity contribution < 1.29 is 46.9 Å². The molecular formula is C33H35F3N4O7. The molecule has 0 spiro atoms. The van der Waals surface area contributed by atoms with Gasteiger partial charge in [-0.15, -0.1) is 0 Å². The summed E-state index contributed by atoms with van der Waals surface area (Å²) in [6.45, 7) is 1.74. The molecule has 0 radical (unpaired) electrons. The van der Waals surface area contributed by atoms with Gasteiger partial charge in [0.05, 0.1) is 25.0 Å². The van der Waals surface area contributed by atoms with Crippen molar-refractivity contribution in [2.24, 2.45) is 0 Å². The molecule has 11 nitrogen and oxygen atoms in total. The molecule has 14 heteroatoms. The van der Waals surface area contributed by atoms with Gasteiger partial charge in [-0.1, -0.05) is 84.9 Å². The first-order valence-electron chi connectivity index (χ1n) is 14.7. The number of carbonyl (C=O) groups excluding carboxylic acids is 5. The molecule has 1 unspecified atom stereocenters. The largest absolute Gasteiger partial charge is 0.495 e. The summed E-state index contributed by atoms with van der Waals surface area (Å²) in [5.41, 5.74) is 3.09. The smallest absolute Gasteiger partial charge is 0.347 e. The summed E-state index contributed by atoms with van der Waals surface area (Å²) >= 11 is 0. The van der Waals surface area contributed by atoms with Gasteiger partial charge < -0.3 is 21.3 Å². The third-order valence-corrected chi connectivity index (χ3v) is 6.78. The highest BCUT2D eigenvalue weighted by atomic mass is 19.4. The van der Waals surface area contributed by atoms with E-state index < -0.39 is 48.9 Å². The van der Waals surface area contributed by atoms with Crippen LogP contribution in [0.4, 0.5) is 18.0 Å². The molecule has 4 amide bonds. The number of hydrogen-bond acceptors (Lipinski definition) is 7. The fourth-order valence-electron chi connectivity index (χ4n) is 4.32. The van der Waals surface area contributed by atoms with Crippen LogP contribution in [-0.2, 0) is 29.0 Å². The number of hydrogen-bond donors (Lipinski definition) is 4. The highest BCUT2D eigenvalue weighted by molar-refractivity contribution is 5.85. The van der Waals surface area contributed by atoms with Crippen molar-refractivity contribution in [1.29, 1.82) is 0 Å². The predicted molar refractivity (Wildman–Crippen MR) is 164 cm³/mol. The maximum atomic E-state index is 12.7. The highest BCUT2D eigenvalue weighted by Crippen LogP contribution is 2.24. The summed E-state index contributed by atoms with van der Waals surface area (Å²) < 4.78 is 37.2. The van der Waals surface area contributed by atoms with E-state index in [1.165, 1.54) is 0 Å². The van der Waals surface area contributed by atoms with Crippen LogP contribution in [0.2, 0.25) is 0 Å². The lowest BCUT2D eigenvalue weighted by Crippen LogP contribution is -2.39. The molecular weight excluding hydrogens is 621 g/mol. The van der Waals surface area contributed by atoms with Crippen molar-refractivity contribution in [3.05, 3.63) is 96.1 Å². The van der Waals surface area contributed by atoms with Gasteiger partial charge in [-0.3, -0.25) is 9.59 Å². The summed E-state index contributed by atoms with van der Waals surface area (Å²) in [5, 5.41) is 10.6. The summed E-state index contributed by atoms with van der Waals surface area (Å²) in [7, 11) is 0. The Bertz CT molecular complexity index is 1490. The van der Waals surface area contributed by atoms with Crippen LogP contribution in [0.5, 0.6) is 0 Å². The van der Waals surface area contributed by atoms with Gasteiger partial charge in [0.25, 0.3) is 0 Å². The van der Waals surface area contributed by atoms with Gasteiger partial charge in [0.1, 0.15) is 0 Å². The number of carbonyl (C=O) groups is 5. The summed E-state index contributed by atoms with van der Waals surface area (Å²) in [6, 6.07) is 23.8. The standard InChI is InChI=1S/C33H35F3N4O7/c1-22(23-10-4-2-5-11-23)39-32(45)37-19-9-8-14-28(41)38-21-29(42)40-27(20-30(43)46-47-31(44)33(34,35)36)26-17-15-25(16-18-26)24-12-6-3-7-13-24/h2-7,10-13,15-18,22,27H,8-9,14,19-21H2,1H3,(H,38,41)(H,40,42)(H2,37,39,45)/t22-,27?/m0/s1. The zero-order valence-corrected chi connectivity index (χ0v) is 25.5. The first kappa shape index (κ1) is 36.1. The predicted octanol–water partition coefficient (Wildman–Crippen LogP) is 4.81. The van der Waals surface area contributed by atoms with Crippen LogP contribution in [0.3, 0.4) is 0 Å². The average molecular weight is 657 g/mol. The normalized spacial score (nSPS) is 12.2. The van der Waals surface area contributed by atoms with Crippen LogP contribution >= 0.6 is 0 Å². The van der Waals surface area contributed by atoms with Crippen molar-refractivity contribution in [3.8, 4) is 11.1 Å². The van der Waals surface area contributed by atoms with Crippen LogP contribution < -0.4 is 21.3 Å².